The maximum absolute atomic E-state index is 13.5. The minimum Gasteiger partial charge on any atom is -0.313 e. The Morgan fingerprint density at radius 1 is 0.617 bits per heavy atom. The number of hydrogen-bond donors (Lipinski definition) is 0. The molecule has 1 saturated carbocycles. The second-order valence-electron chi connectivity index (χ2n) is 13.4. The summed E-state index contributed by atoms with van der Waals surface area (Å²) < 4.78 is 31.3. The Morgan fingerprint density at radius 2 is 1.13 bits per heavy atom. The lowest BCUT2D eigenvalue weighted by Gasteiger charge is -2.24. The van der Waals surface area contributed by atoms with Crippen molar-refractivity contribution in [1.29, 1.82) is 0 Å². The Balaban J connectivity index is 0.000000139. The average molecular weight is 625 g/mol. The molecular weight excluding hydrogens is 586 g/mol. The van der Waals surface area contributed by atoms with Crippen LogP contribution in [0.2, 0.25) is 0 Å². The van der Waals surface area contributed by atoms with Crippen LogP contribution in [0.25, 0.3) is 33.2 Å². The second kappa shape index (κ2) is 12.1. The lowest BCUT2D eigenvalue weighted by molar-refractivity contribution is 0.434. The van der Waals surface area contributed by atoms with Gasteiger partial charge in [-0.05, 0) is 132 Å². The highest BCUT2D eigenvalue weighted by Crippen LogP contribution is 2.39. The summed E-state index contributed by atoms with van der Waals surface area (Å²) in [5.41, 5.74) is 12.0. The standard InChI is InChI=1S/C22H21FN2.C19H17FN2/c23-19-6-8-20(9-7-19)25-21(15-4-2-1-3-5-15)11-16-10-17-13-24-14-18(17)12-22(16)25;1-12(2)18-8-13-7-14-10-21-11-15(14)9-19(13)22(18)17-5-3-16(20)4-6-17/h6-12,14-15H,1-5,13H2;3-9,11-12H,10H2,1-2H3. The van der Waals surface area contributed by atoms with Gasteiger partial charge in [-0.2, -0.15) is 0 Å². The van der Waals surface area contributed by atoms with Gasteiger partial charge >= 0.3 is 0 Å². The van der Waals surface area contributed by atoms with Crippen molar-refractivity contribution < 1.29 is 8.78 Å². The molecule has 47 heavy (non-hydrogen) atoms. The number of aliphatic imine (C=N–C) groups is 2. The van der Waals surface area contributed by atoms with Crippen LogP contribution < -0.4 is 0 Å². The smallest absolute Gasteiger partial charge is 0.123 e. The van der Waals surface area contributed by atoms with Crippen molar-refractivity contribution in [3.63, 3.8) is 0 Å². The van der Waals surface area contributed by atoms with E-state index in [0.717, 1.165) is 30.0 Å². The van der Waals surface area contributed by atoms with E-state index in [1.165, 1.54) is 94.2 Å². The van der Waals surface area contributed by atoms with Gasteiger partial charge in [-0.25, -0.2) is 8.78 Å². The fourth-order valence-electron chi connectivity index (χ4n) is 7.56. The molecule has 9 rings (SSSR count). The maximum atomic E-state index is 13.5. The van der Waals surface area contributed by atoms with Crippen molar-refractivity contribution in [2.24, 2.45) is 9.98 Å². The molecule has 4 aromatic carbocycles. The van der Waals surface area contributed by atoms with Crippen molar-refractivity contribution in [3.8, 4) is 11.4 Å². The van der Waals surface area contributed by atoms with Crippen LogP contribution >= 0.6 is 0 Å². The van der Waals surface area contributed by atoms with Crippen molar-refractivity contribution in [2.75, 3.05) is 0 Å². The third kappa shape index (κ3) is 5.50. The molecule has 0 saturated heterocycles. The summed E-state index contributed by atoms with van der Waals surface area (Å²) in [4.78, 5) is 8.74. The highest BCUT2D eigenvalue weighted by molar-refractivity contribution is 5.95. The molecule has 0 atom stereocenters. The highest BCUT2D eigenvalue weighted by Gasteiger charge is 2.23. The summed E-state index contributed by atoms with van der Waals surface area (Å²) in [6, 6.07) is 27.1. The lowest BCUT2D eigenvalue weighted by Crippen LogP contribution is -2.10. The number of rotatable bonds is 4. The zero-order chi connectivity index (χ0) is 32.1. The maximum Gasteiger partial charge on any atom is 0.123 e. The molecule has 0 radical (unpaired) electrons. The summed E-state index contributed by atoms with van der Waals surface area (Å²) in [5.74, 6) is 0.586. The Bertz CT molecular complexity index is 2160. The van der Waals surface area contributed by atoms with Crippen LogP contribution in [-0.4, -0.2) is 21.6 Å². The summed E-state index contributed by atoms with van der Waals surface area (Å²) in [6.07, 6.45) is 10.4. The van der Waals surface area contributed by atoms with E-state index in [-0.39, 0.29) is 11.6 Å². The van der Waals surface area contributed by atoms with Crippen LogP contribution in [0.5, 0.6) is 0 Å². The summed E-state index contributed by atoms with van der Waals surface area (Å²) in [5, 5.41) is 2.49. The summed E-state index contributed by atoms with van der Waals surface area (Å²) in [6.45, 7) is 5.92. The molecule has 2 aliphatic heterocycles. The van der Waals surface area contributed by atoms with E-state index in [2.05, 4.69) is 69.4 Å². The lowest BCUT2D eigenvalue weighted by atomic mass is 9.87. The number of hydrogen-bond acceptors (Lipinski definition) is 2. The zero-order valence-electron chi connectivity index (χ0n) is 26.9. The van der Waals surface area contributed by atoms with Gasteiger partial charge < -0.3 is 9.13 Å². The molecule has 6 aromatic rings. The number of benzene rings is 4. The fourth-order valence-corrected chi connectivity index (χ4v) is 7.56. The normalized spacial score (nSPS) is 15.4. The van der Waals surface area contributed by atoms with Gasteiger partial charge in [0.1, 0.15) is 11.6 Å². The summed E-state index contributed by atoms with van der Waals surface area (Å²) >= 11 is 0. The van der Waals surface area contributed by atoms with E-state index >= 15 is 0 Å². The first-order valence-corrected chi connectivity index (χ1v) is 16.8. The van der Waals surface area contributed by atoms with Crippen molar-refractivity contribution in [3.05, 3.63) is 130 Å². The molecule has 0 N–H and O–H groups in total. The van der Waals surface area contributed by atoms with Crippen molar-refractivity contribution in [2.45, 2.75) is 70.9 Å². The Hall–Kier alpha value is -4.84. The van der Waals surface area contributed by atoms with Crippen LogP contribution in [0.15, 0.2) is 94.9 Å². The molecule has 0 amide bonds. The quantitative estimate of drug-likeness (QED) is 0.187. The van der Waals surface area contributed by atoms with E-state index < -0.39 is 0 Å². The van der Waals surface area contributed by atoms with E-state index in [1.807, 2.05) is 36.7 Å². The minimum absolute atomic E-state index is 0.188. The van der Waals surface area contributed by atoms with Crippen LogP contribution in [0, 0.1) is 11.6 Å². The molecule has 3 aliphatic rings. The van der Waals surface area contributed by atoms with E-state index in [1.54, 1.807) is 12.1 Å². The fraction of sp³-hybridized carbons (Fsp3) is 0.268. The van der Waals surface area contributed by atoms with Gasteiger partial charge in [0.05, 0.1) is 24.1 Å². The van der Waals surface area contributed by atoms with Crippen LogP contribution in [0.3, 0.4) is 0 Å². The first kappa shape index (κ1) is 29.6. The van der Waals surface area contributed by atoms with Gasteiger partial charge in [0.25, 0.3) is 0 Å². The first-order valence-electron chi connectivity index (χ1n) is 16.8. The molecule has 2 aromatic heterocycles. The largest absolute Gasteiger partial charge is 0.313 e. The van der Waals surface area contributed by atoms with Gasteiger partial charge in [0.15, 0.2) is 0 Å². The SMILES string of the molecule is CC(C)c1cc2cc3c(cc2n1-c1ccc(F)cc1)C=NC3.Fc1ccc(-n2c(C3CCCCC3)cc3cc4c(cc32)C=NC4)cc1. The Morgan fingerprint density at radius 3 is 1.68 bits per heavy atom. The number of nitrogens with zero attached hydrogens (tertiary/aromatic N) is 4. The molecule has 4 heterocycles. The van der Waals surface area contributed by atoms with Gasteiger partial charge in [0.2, 0.25) is 0 Å². The van der Waals surface area contributed by atoms with E-state index in [0.29, 0.717) is 11.8 Å². The predicted molar refractivity (Wildman–Crippen MR) is 189 cm³/mol. The predicted octanol–water partition coefficient (Wildman–Crippen LogP) is 10.6. The van der Waals surface area contributed by atoms with Gasteiger partial charge in [0, 0.05) is 46.0 Å². The average Bonchev–Trinajstić information content (AvgIpc) is 3.88. The van der Waals surface area contributed by atoms with Gasteiger partial charge in [-0.15, -0.1) is 0 Å². The van der Waals surface area contributed by atoms with Gasteiger partial charge in [-0.1, -0.05) is 33.1 Å². The first-order chi connectivity index (χ1) is 22.9. The molecule has 0 unspecified atom stereocenters. The Labute approximate surface area is 274 Å². The van der Waals surface area contributed by atoms with Gasteiger partial charge in [-0.3, -0.25) is 9.98 Å². The molecular formula is C41H38F2N4. The third-order valence-corrected chi connectivity index (χ3v) is 9.95. The number of halogens is 2. The zero-order valence-corrected chi connectivity index (χ0v) is 26.9. The molecule has 6 heteroatoms. The van der Waals surface area contributed by atoms with Crippen molar-refractivity contribution in [1.82, 2.24) is 9.13 Å². The molecule has 4 nitrogen and oxygen atoms in total. The van der Waals surface area contributed by atoms with Crippen LogP contribution in [-0.2, 0) is 13.1 Å². The molecule has 1 fully saturated rings. The van der Waals surface area contributed by atoms with Crippen LogP contribution in [0.1, 0.15) is 91.4 Å². The Kier molecular flexibility index (Phi) is 7.59. The highest BCUT2D eigenvalue weighted by atomic mass is 19.1. The topological polar surface area (TPSA) is 34.6 Å². The molecule has 0 spiro atoms. The molecule has 0 bridgehead atoms. The molecule has 236 valence electrons. The van der Waals surface area contributed by atoms with E-state index in [9.17, 15) is 8.78 Å². The number of aromatic nitrogens is 2. The minimum atomic E-state index is -0.209. The molecule has 1 aliphatic carbocycles. The van der Waals surface area contributed by atoms with E-state index in [4.69, 9.17) is 0 Å². The monoisotopic (exact) mass is 624 g/mol. The van der Waals surface area contributed by atoms with Crippen molar-refractivity contribution >= 4 is 34.2 Å². The summed E-state index contributed by atoms with van der Waals surface area (Å²) in [7, 11) is 0. The van der Waals surface area contributed by atoms with Crippen LogP contribution in [0.4, 0.5) is 8.78 Å². The number of fused-ring (bicyclic) bond motifs is 4. The third-order valence-electron chi connectivity index (χ3n) is 9.95. The second-order valence-corrected chi connectivity index (χ2v) is 13.4.